The number of hydrogen-bond donors (Lipinski definition) is 1. The fourth-order valence-corrected chi connectivity index (χ4v) is 4.42. The van der Waals surface area contributed by atoms with E-state index in [9.17, 15) is 4.79 Å². The first-order chi connectivity index (χ1) is 11.6. The molecule has 8 heteroatoms. The average molecular weight is 346 g/mol. The Bertz CT molecular complexity index is 725. The zero-order valence-corrected chi connectivity index (χ0v) is 14.8. The maximum atomic E-state index is 12.3. The molecule has 0 bridgehead atoms. The van der Waals surface area contributed by atoms with Gasteiger partial charge in [0.1, 0.15) is 10.8 Å². The Hall–Kier alpha value is -1.80. The van der Waals surface area contributed by atoms with Crippen molar-refractivity contribution in [2.45, 2.75) is 39.4 Å². The molecule has 0 aliphatic carbocycles. The lowest BCUT2D eigenvalue weighted by Gasteiger charge is -2.25. The third-order valence-electron chi connectivity index (χ3n) is 4.81. The van der Waals surface area contributed by atoms with E-state index < -0.39 is 0 Å². The number of carbonyl (C=O) groups excluding carboxylic acids is 1. The van der Waals surface area contributed by atoms with Gasteiger partial charge in [-0.3, -0.25) is 9.69 Å². The second-order valence-electron chi connectivity index (χ2n) is 7.02. The maximum absolute atomic E-state index is 12.3. The molecule has 24 heavy (non-hydrogen) atoms. The summed E-state index contributed by atoms with van der Waals surface area (Å²) in [5.41, 5.74) is 0. The fourth-order valence-electron chi connectivity index (χ4n) is 3.77. The van der Waals surface area contributed by atoms with Crippen LogP contribution < -0.4 is 5.32 Å². The molecule has 128 valence electrons. The quantitative estimate of drug-likeness (QED) is 0.900. The summed E-state index contributed by atoms with van der Waals surface area (Å²) < 4.78 is 2.02. The van der Waals surface area contributed by atoms with E-state index in [-0.39, 0.29) is 11.9 Å². The van der Waals surface area contributed by atoms with Crippen LogP contribution in [0.2, 0.25) is 0 Å². The van der Waals surface area contributed by atoms with Gasteiger partial charge in [-0.1, -0.05) is 0 Å². The molecule has 1 amide bonds. The summed E-state index contributed by atoms with van der Waals surface area (Å²) in [7, 11) is 0. The van der Waals surface area contributed by atoms with Crippen LogP contribution in [0, 0.1) is 11.8 Å². The Labute approximate surface area is 145 Å². The van der Waals surface area contributed by atoms with Gasteiger partial charge < -0.3 is 9.88 Å². The number of likely N-dealkylation sites (tertiary alicyclic amines) is 1. The van der Waals surface area contributed by atoms with Gasteiger partial charge in [0.2, 0.25) is 5.82 Å². The van der Waals surface area contributed by atoms with Crippen LogP contribution in [0.5, 0.6) is 0 Å². The van der Waals surface area contributed by atoms with Gasteiger partial charge in [0, 0.05) is 43.7 Å². The van der Waals surface area contributed by atoms with Gasteiger partial charge in [-0.15, -0.1) is 21.5 Å². The number of aromatic nitrogens is 4. The van der Waals surface area contributed by atoms with Gasteiger partial charge in [0.05, 0.1) is 6.54 Å². The van der Waals surface area contributed by atoms with Crippen LogP contribution in [0.3, 0.4) is 0 Å². The Balaban J connectivity index is 1.46. The first kappa shape index (κ1) is 15.7. The summed E-state index contributed by atoms with van der Waals surface area (Å²) in [5, 5.41) is 14.5. The molecular weight excluding hydrogens is 324 g/mol. The monoisotopic (exact) mass is 346 g/mol. The second kappa shape index (κ2) is 6.25. The first-order valence-corrected chi connectivity index (χ1v) is 9.31. The smallest absolute Gasteiger partial charge is 0.289 e. The number of amides is 1. The van der Waals surface area contributed by atoms with E-state index in [2.05, 4.69) is 25.4 Å². The lowest BCUT2D eigenvalue weighted by molar-refractivity contribution is 0.0924. The second-order valence-corrected chi connectivity index (χ2v) is 8.00. The standard InChI is InChI=1S/C16H22N6OS/c1-10(2)18-16(23)15-20-19-13-5-11-6-21(7-12(11)8-22(13)15)9-14-17-3-4-24-14/h3-4,10-12H,5-9H2,1-2H3,(H,18,23). The Kier molecular flexibility index (Phi) is 4.09. The molecule has 2 aromatic heterocycles. The predicted octanol–water partition coefficient (Wildman–Crippen LogP) is 1.18. The van der Waals surface area contributed by atoms with Gasteiger partial charge in [0.25, 0.3) is 5.91 Å². The van der Waals surface area contributed by atoms with Crippen LogP contribution in [0.25, 0.3) is 0 Å². The summed E-state index contributed by atoms with van der Waals surface area (Å²) in [6, 6.07) is 0.0991. The number of nitrogens with one attached hydrogen (secondary N) is 1. The number of thiazole rings is 1. The van der Waals surface area contributed by atoms with Crippen molar-refractivity contribution in [3.05, 3.63) is 28.2 Å². The topological polar surface area (TPSA) is 75.9 Å². The van der Waals surface area contributed by atoms with Crippen molar-refractivity contribution in [3.63, 3.8) is 0 Å². The summed E-state index contributed by atoms with van der Waals surface area (Å²) in [4.78, 5) is 19.2. The largest absolute Gasteiger partial charge is 0.347 e. The number of carbonyl (C=O) groups is 1. The third kappa shape index (κ3) is 2.95. The van der Waals surface area contributed by atoms with E-state index in [4.69, 9.17) is 0 Å². The van der Waals surface area contributed by atoms with Crippen LogP contribution >= 0.6 is 11.3 Å². The average Bonchev–Trinajstić information content (AvgIpc) is 3.22. The van der Waals surface area contributed by atoms with Crippen molar-refractivity contribution in [2.75, 3.05) is 13.1 Å². The van der Waals surface area contributed by atoms with Crippen LogP contribution in [-0.2, 0) is 19.5 Å². The molecule has 2 aromatic rings. The molecule has 4 rings (SSSR count). The van der Waals surface area contributed by atoms with Crippen LogP contribution in [-0.4, -0.2) is 49.7 Å². The van der Waals surface area contributed by atoms with E-state index >= 15 is 0 Å². The molecule has 0 radical (unpaired) electrons. The van der Waals surface area contributed by atoms with Crippen molar-refractivity contribution in [3.8, 4) is 0 Å². The molecule has 1 saturated heterocycles. The van der Waals surface area contributed by atoms with Crippen LogP contribution in [0.15, 0.2) is 11.6 Å². The minimum Gasteiger partial charge on any atom is -0.347 e. The zero-order valence-electron chi connectivity index (χ0n) is 14.0. The number of hydrogen-bond acceptors (Lipinski definition) is 6. The van der Waals surface area contributed by atoms with Gasteiger partial charge in [-0.2, -0.15) is 0 Å². The normalized spacial score (nSPS) is 23.3. The zero-order chi connectivity index (χ0) is 16.7. The Morgan fingerprint density at radius 3 is 2.92 bits per heavy atom. The Morgan fingerprint density at radius 2 is 2.17 bits per heavy atom. The van der Waals surface area contributed by atoms with Crippen molar-refractivity contribution in [1.29, 1.82) is 0 Å². The number of fused-ring (bicyclic) bond motifs is 2. The highest BCUT2D eigenvalue weighted by atomic mass is 32.1. The third-order valence-corrected chi connectivity index (χ3v) is 5.57. The van der Waals surface area contributed by atoms with Gasteiger partial charge >= 0.3 is 0 Å². The minimum absolute atomic E-state index is 0.0991. The molecule has 2 aliphatic rings. The van der Waals surface area contributed by atoms with E-state index in [1.807, 2.05) is 30.0 Å². The maximum Gasteiger partial charge on any atom is 0.289 e. The minimum atomic E-state index is -0.125. The van der Waals surface area contributed by atoms with Gasteiger partial charge in [0.15, 0.2) is 0 Å². The lowest BCUT2D eigenvalue weighted by atomic mass is 9.89. The molecule has 1 N–H and O–H groups in total. The molecule has 0 spiro atoms. The molecule has 0 aromatic carbocycles. The van der Waals surface area contributed by atoms with Crippen molar-refractivity contribution in [1.82, 2.24) is 30.0 Å². The summed E-state index contributed by atoms with van der Waals surface area (Å²) in [6.07, 6.45) is 2.77. The van der Waals surface area contributed by atoms with Crippen molar-refractivity contribution >= 4 is 17.2 Å². The van der Waals surface area contributed by atoms with E-state index in [1.54, 1.807) is 11.3 Å². The fraction of sp³-hybridized carbons (Fsp3) is 0.625. The molecular formula is C16H22N6OS. The highest BCUT2D eigenvalue weighted by Crippen LogP contribution is 2.33. The van der Waals surface area contributed by atoms with E-state index in [0.717, 1.165) is 38.4 Å². The first-order valence-electron chi connectivity index (χ1n) is 8.44. The summed E-state index contributed by atoms with van der Waals surface area (Å²) in [5.74, 6) is 2.43. The molecule has 4 heterocycles. The molecule has 2 atom stereocenters. The highest BCUT2D eigenvalue weighted by molar-refractivity contribution is 7.09. The molecule has 2 unspecified atom stereocenters. The Morgan fingerprint density at radius 1 is 1.33 bits per heavy atom. The van der Waals surface area contributed by atoms with Crippen molar-refractivity contribution in [2.24, 2.45) is 11.8 Å². The molecule has 0 saturated carbocycles. The lowest BCUT2D eigenvalue weighted by Crippen LogP contribution is -2.35. The molecule has 2 aliphatic heterocycles. The van der Waals surface area contributed by atoms with Crippen LogP contribution in [0.4, 0.5) is 0 Å². The number of rotatable bonds is 4. The van der Waals surface area contributed by atoms with E-state index in [1.165, 1.54) is 5.01 Å². The van der Waals surface area contributed by atoms with Gasteiger partial charge in [-0.05, 0) is 25.7 Å². The van der Waals surface area contributed by atoms with Crippen molar-refractivity contribution < 1.29 is 4.79 Å². The highest BCUT2D eigenvalue weighted by Gasteiger charge is 2.39. The van der Waals surface area contributed by atoms with Crippen LogP contribution in [0.1, 0.15) is 35.3 Å². The molecule has 7 nitrogen and oxygen atoms in total. The summed E-state index contributed by atoms with van der Waals surface area (Å²) in [6.45, 7) is 7.79. The molecule has 1 fully saturated rings. The number of nitrogens with zero attached hydrogens (tertiary/aromatic N) is 5. The van der Waals surface area contributed by atoms with E-state index in [0.29, 0.717) is 17.7 Å². The SMILES string of the molecule is CC(C)NC(=O)c1nnc2n1CC1CN(Cc3nccs3)CC1C2. The van der Waals surface area contributed by atoms with Gasteiger partial charge in [-0.25, -0.2) is 4.98 Å². The predicted molar refractivity (Wildman–Crippen MR) is 90.7 cm³/mol. The summed E-state index contributed by atoms with van der Waals surface area (Å²) >= 11 is 1.71.